The van der Waals surface area contributed by atoms with E-state index in [1.54, 1.807) is 13.0 Å². The van der Waals surface area contributed by atoms with E-state index in [-0.39, 0.29) is 5.82 Å². The fourth-order valence-corrected chi connectivity index (χ4v) is 2.76. The molecule has 0 fully saturated rings. The Bertz CT molecular complexity index is 1160. The highest BCUT2D eigenvalue weighted by Gasteiger charge is 2.17. The van der Waals surface area contributed by atoms with Gasteiger partial charge >= 0.3 is 0 Å². The number of para-hydroxylation sites is 1. The molecule has 0 atom stereocenters. The van der Waals surface area contributed by atoms with Gasteiger partial charge in [0.2, 0.25) is 5.88 Å². The molecule has 0 aliphatic carbocycles. The van der Waals surface area contributed by atoms with Crippen molar-refractivity contribution in [3.63, 3.8) is 0 Å². The van der Waals surface area contributed by atoms with Crippen LogP contribution in [0, 0.1) is 18.3 Å². The van der Waals surface area contributed by atoms with E-state index < -0.39 is 0 Å². The van der Waals surface area contributed by atoms with Crippen LogP contribution in [0.2, 0.25) is 0 Å². The zero-order chi connectivity index (χ0) is 19.5. The first-order valence-corrected chi connectivity index (χ1v) is 8.58. The van der Waals surface area contributed by atoms with E-state index >= 15 is 0 Å². The summed E-state index contributed by atoms with van der Waals surface area (Å²) in [6.07, 6.45) is 0. The number of ether oxygens (including phenoxy) is 1. The molecule has 0 unspecified atom stereocenters. The van der Waals surface area contributed by atoms with Crippen molar-refractivity contribution < 1.29 is 4.74 Å². The lowest BCUT2D eigenvalue weighted by Crippen LogP contribution is -2.07. The maximum Gasteiger partial charge on any atom is 0.225 e. The molecular formula is C21H16N6O. The molecule has 4 aromatic rings. The van der Waals surface area contributed by atoms with Crippen molar-refractivity contribution in [3.05, 3.63) is 78.0 Å². The normalized spacial score (nSPS) is 10.4. The summed E-state index contributed by atoms with van der Waals surface area (Å²) in [5.74, 6) is 2.11. The van der Waals surface area contributed by atoms with Gasteiger partial charge in [-0.2, -0.15) is 20.0 Å². The van der Waals surface area contributed by atoms with Crippen LogP contribution in [-0.4, -0.2) is 19.7 Å². The summed E-state index contributed by atoms with van der Waals surface area (Å²) in [7, 11) is 0. The Morgan fingerprint density at radius 3 is 2.32 bits per heavy atom. The van der Waals surface area contributed by atoms with Crippen LogP contribution in [0.4, 0.5) is 5.82 Å². The zero-order valence-electron chi connectivity index (χ0n) is 15.1. The van der Waals surface area contributed by atoms with Gasteiger partial charge in [0.05, 0.1) is 5.69 Å². The first-order valence-electron chi connectivity index (χ1n) is 8.58. The van der Waals surface area contributed by atoms with E-state index in [9.17, 15) is 5.26 Å². The van der Waals surface area contributed by atoms with Crippen molar-refractivity contribution in [2.24, 2.45) is 0 Å². The first kappa shape index (κ1) is 17.2. The van der Waals surface area contributed by atoms with Gasteiger partial charge < -0.3 is 10.5 Å². The van der Waals surface area contributed by atoms with Gasteiger partial charge in [0.15, 0.2) is 11.6 Å². The van der Waals surface area contributed by atoms with Crippen LogP contribution in [0.25, 0.3) is 17.2 Å². The Labute approximate surface area is 161 Å². The molecule has 28 heavy (non-hydrogen) atoms. The Kier molecular flexibility index (Phi) is 4.44. The summed E-state index contributed by atoms with van der Waals surface area (Å²) in [5.41, 5.74) is 7.80. The fraction of sp³-hybridized carbons (Fsp3) is 0.0476. The standard InChI is InChI=1S/C21H16N6O/c1-14-17(13-22)20(23)27(26-14)18-12-19(28-16-10-6-3-7-11-16)25-21(24-18)15-8-4-2-5-9-15/h2-12H,23H2,1H3. The molecule has 136 valence electrons. The molecule has 0 saturated heterocycles. The summed E-state index contributed by atoms with van der Waals surface area (Å²) in [4.78, 5) is 9.11. The minimum absolute atomic E-state index is 0.225. The van der Waals surface area contributed by atoms with Gasteiger partial charge in [0, 0.05) is 11.6 Å². The summed E-state index contributed by atoms with van der Waals surface area (Å²) < 4.78 is 7.34. The summed E-state index contributed by atoms with van der Waals surface area (Å²) in [6.45, 7) is 1.73. The second-order valence-corrected chi connectivity index (χ2v) is 6.04. The summed E-state index contributed by atoms with van der Waals surface area (Å²) in [5, 5.41) is 13.7. The van der Waals surface area contributed by atoms with Gasteiger partial charge in [0.1, 0.15) is 23.2 Å². The largest absolute Gasteiger partial charge is 0.439 e. The minimum atomic E-state index is 0.225. The number of nitrogens with zero attached hydrogens (tertiary/aromatic N) is 5. The highest BCUT2D eigenvalue weighted by atomic mass is 16.5. The minimum Gasteiger partial charge on any atom is -0.439 e. The van der Waals surface area contributed by atoms with Crippen LogP contribution in [0.1, 0.15) is 11.3 Å². The number of nitrogens with two attached hydrogens (primary N) is 1. The topological polar surface area (TPSA) is 103 Å². The van der Waals surface area contributed by atoms with E-state index in [2.05, 4.69) is 21.1 Å². The van der Waals surface area contributed by atoms with Crippen molar-refractivity contribution >= 4 is 5.82 Å². The number of nitrogen functional groups attached to an aromatic ring is 1. The van der Waals surface area contributed by atoms with Gasteiger partial charge in [-0.3, -0.25) is 0 Å². The molecule has 4 rings (SSSR count). The van der Waals surface area contributed by atoms with Gasteiger partial charge in [-0.05, 0) is 19.1 Å². The average molecular weight is 368 g/mol. The van der Waals surface area contributed by atoms with Crippen molar-refractivity contribution in [2.75, 3.05) is 5.73 Å². The van der Waals surface area contributed by atoms with Crippen LogP contribution >= 0.6 is 0 Å². The van der Waals surface area contributed by atoms with Gasteiger partial charge in [-0.15, -0.1) is 0 Å². The van der Waals surface area contributed by atoms with E-state index in [1.807, 2.05) is 60.7 Å². The second-order valence-electron chi connectivity index (χ2n) is 6.04. The van der Waals surface area contributed by atoms with Crippen LogP contribution in [0.15, 0.2) is 66.7 Å². The number of hydrogen-bond donors (Lipinski definition) is 1. The van der Waals surface area contributed by atoms with Gasteiger partial charge in [-0.25, -0.2) is 4.98 Å². The van der Waals surface area contributed by atoms with Crippen LogP contribution < -0.4 is 10.5 Å². The number of aryl methyl sites for hydroxylation is 1. The molecule has 2 aromatic carbocycles. The van der Waals surface area contributed by atoms with E-state index in [0.717, 1.165) is 5.56 Å². The van der Waals surface area contributed by atoms with Gasteiger partial charge in [0.25, 0.3) is 0 Å². The lowest BCUT2D eigenvalue weighted by atomic mass is 10.2. The Morgan fingerprint density at radius 2 is 1.68 bits per heavy atom. The smallest absolute Gasteiger partial charge is 0.225 e. The van der Waals surface area contributed by atoms with Crippen LogP contribution in [0.3, 0.4) is 0 Å². The number of rotatable bonds is 4. The van der Waals surface area contributed by atoms with E-state index in [1.165, 1.54) is 4.68 Å². The highest BCUT2D eigenvalue weighted by molar-refractivity contribution is 5.59. The third-order valence-corrected chi connectivity index (χ3v) is 4.11. The summed E-state index contributed by atoms with van der Waals surface area (Å²) >= 11 is 0. The molecule has 2 aromatic heterocycles. The van der Waals surface area contributed by atoms with Crippen molar-refractivity contribution in [2.45, 2.75) is 6.92 Å². The number of aromatic nitrogens is 4. The molecule has 0 radical (unpaired) electrons. The lowest BCUT2D eigenvalue weighted by Gasteiger charge is -2.10. The lowest BCUT2D eigenvalue weighted by molar-refractivity contribution is 0.461. The SMILES string of the molecule is Cc1nn(-c2cc(Oc3ccccc3)nc(-c3ccccc3)n2)c(N)c1C#N. The highest BCUT2D eigenvalue weighted by Crippen LogP contribution is 2.27. The van der Waals surface area contributed by atoms with Crippen LogP contribution in [-0.2, 0) is 0 Å². The fourth-order valence-electron chi connectivity index (χ4n) is 2.76. The van der Waals surface area contributed by atoms with Gasteiger partial charge in [-0.1, -0.05) is 48.5 Å². The predicted molar refractivity (Wildman–Crippen MR) is 105 cm³/mol. The third kappa shape index (κ3) is 3.27. The number of benzene rings is 2. The molecule has 7 heteroatoms. The average Bonchev–Trinajstić information content (AvgIpc) is 3.02. The molecule has 0 aliphatic rings. The van der Waals surface area contributed by atoms with E-state index in [4.69, 9.17) is 10.5 Å². The quantitative estimate of drug-likeness (QED) is 0.586. The van der Waals surface area contributed by atoms with E-state index in [0.29, 0.717) is 34.5 Å². The first-order chi connectivity index (χ1) is 13.7. The Balaban J connectivity index is 1.86. The van der Waals surface area contributed by atoms with Crippen molar-refractivity contribution in [1.82, 2.24) is 19.7 Å². The number of nitriles is 1. The second kappa shape index (κ2) is 7.21. The Morgan fingerprint density at radius 1 is 1.00 bits per heavy atom. The molecule has 0 spiro atoms. The molecule has 2 heterocycles. The maximum atomic E-state index is 9.30. The summed E-state index contributed by atoms with van der Waals surface area (Å²) in [6, 6.07) is 22.6. The zero-order valence-corrected chi connectivity index (χ0v) is 15.1. The molecule has 0 bridgehead atoms. The van der Waals surface area contributed by atoms with Crippen LogP contribution in [0.5, 0.6) is 11.6 Å². The molecular weight excluding hydrogens is 352 g/mol. The van der Waals surface area contributed by atoms with Crippen molar-refractivity contribution in [3.8, 4) is 34.9 Å². The number of hydrogen-bond acceptors (Lipinski definition) is 6. The molecule has 7 nitrogen and oxygen atoms in total. The monoisotopic (exact) mass is 368 g/mol. The molecule has 0 aliphatic heterocycles. The number of anilines is 1. The molecule has 2 N–H and O–H groups in total. The maximum absolute atomic E-state index is 9.30. The third-order valence-electron chi connectivity index (χ3n) is 4.11. The van der Waals surface area contributed by atoms with Crippen molar-refractivity contribution in [1.29, 1.82) is 5.26 Å². The molecule has 0 amide bonds. The molecule has 0 saturated carbocycles. The Hall–Kier alpha value is -4.18. The predicted octanol–water partition coefficient (Wildman–Crippen LogP) is 3.88.